The van der Waals surface area contributed by atoms with Crippen LogP contribution in [0.15, 0.2) is 0 Å². The highest BCUT2D eigenvalue weighted by molar-refractivity contribution is 5.53. The molecule has 0 aromatic heterocycles. The lowest BCUT2D eigenvalue weighted by atomic mass is 9.94. The van der Waals surface area contributed by atoms with Crippen LogP contribution >= 0.6 is 0 Å². The van der Waals surface area contributed by atoms with Crippen LogP contribution in [0.1, 0.15) is 38.5 Å². The molecule has 2 atom stereocenters. The molecule has 2 fully saturated rings. The molecule has 0 saturated carbocycles. The fourth-order valence-corrected chi connectivity index (χ4v) is 2.54. The summed E-state index contributed by atoms with van der Waals surface area (Å²) in [5.74, 6) is 0.135. The second kappa shape index (κ2) is 5.61. The maximum absolute atomic E-state index is 11.0. The van der Waals surface area contributed by atoms with Crippen LogP contribution in [-0.2, 0) is 14.3 Å². The minimum absolute atomic E-state index is 0.135. The minimum atomic E-state index is 0.135. The Balaban J connectivity index is 1.73. The highest BCUT2D eigenvalue weighted by Gasteiger charge is 2.25. The first kappa shape index (κ1) is 11.1. The lowest BCUT2D eigenvalue weighted by Gasteiger charge is -2.18. The summed E-state index contributed by atoms with van der Waals surface area (Å²) in [4.78, 5) is 11.0. The van der Waals surface area contributed by atoms with Crippen molar-refractivity contribution in [3.8, 4) is 0 Å². The SMILES string of the molecule is O=CC(CC1CCCO1)CC1CCCO1. The van der Waals surface area contributed by atoms with Gasteiger partial charge in [-0.3, -0.25) is 0 Å². The van der Waals surface area contributed by atoms with Crippen molar-refractivity contribution in [3.63, 3.8) is 0 Å². The molecule has 86 valence electrons. The molecule has 0 amide bonds. The molecule has 0 radical (unpaired) electrons. The predicted octanol–water partition coefficient (Wildman–Crippen LogP) is 1.94. The summed E-state index contributed by atoms with van der Waals surface area (Å²) in [6.45, 7) is 1.74. The van der Waals surface area contributed by atoms with Crippen molar-refractivity contribution in [1.82, 2.24) is 0 Å². The largest absolute Gasteiger partial charge is 0.378 e. The topological polar surface area (TPSA) is 35.5 Å². The third-order valence-electron chi connectivity index (χ3n) is 3.37. The predicted molar refractivity (Wildman–Crippen MR) is 56.7 cm³/mol. The van der Waals surface area contributed by atoms with Crippen molar-refractivity contribution in [1.29, 1.82) is 0 Å². The number of hydrogen-bond acceptors (Lipinski definition) is 3. The molecule has 0 aromatic carbocycles. The van der Waals surface area contributed by atoms with E-state index in [4.69, 9.17) is 9.47 Å². The maximum atomic E-state index is 11.0. The number of aldehydes is 1. The Hall–Kier alpha value is -0.410. The smallest absolute Gasteiger partial charge is 0.123 e. The van der Waals surface area contributed by atoms with Gasteiger partial charge in [0, 0.05) is 19.1 Å². The van der Waals surface area contributed by atoms with Crippen molar-refractivity contribution in [2.45, 2.75) is 50.7 Å². The van der Waals surface area contributed by atoms with Gasteiger partial charge in [0.1, 0.15) is 6.29 Å². The molecule has 2 rings (SSSR count). The van der Waals surface area contributed by atoms with Gasteiger partial charge in [0.15, 0.2) is 0 Å². The number of carbonyl (C=O) groups is 1. The van der Waals surface area contributed by atoms with E-state index in [2.05, 4.69) is 0 Å². The molecule has 0 aromatic rings. The van der Waals surface area contributed by atoms with Gasteiger partial charge in [0.2, 0.25) is 0 Å². The van der Waals surface area contributed by atoms with Gasteiger partial charge >= 0.3 is 0 Å². The number of rotatable bonds is 5. The fourth-order valence-electron chi connectivity index (χ4n) is 2.54. The standard InChI is InChI=1S/C12H20O3/c13-9-10(7-11-3-1-5-14-11)8-12-4-2-6-15-12/h9-12H,1-8H2. The Morgan fingerprint density at radius 1 is 1.07 bits per heavy atom. The van der Waals surface area contributed by atoms with Gasteiger partial charge in [-0.2, -0.15) is 0 Å². The normalized spacial score (nSPS) is 33.1. The maximum Gasteiger partial charge on any atom is 0.123 e. The summed E-state index contributed by atoms with van der Waals surface area (Å²) >= 11 is 0. The summed E-state index contributed by atoms with van der Waals surface area (Å²) in [5, 5.41) is 0. The Labute approximate surface area is 91.1 Å². The molecule has 15 heavy (non-hydrogen) atoms. The third-order valence-corrected chi connectivity index (χ3v) is 3.37. The van der Waals surface area contributed by atoms with E-state index in [0.717, 1.165) is 58.0 Å². The van der Waals surface area contributed by atoms with E-state index in [9.17, 15) is 4.79 Å². The van der Waals surface area contributed by atoms with Crippen LogP contribution in [0.4, 0.5) is 0 Å². The second-order valence-electron chi connectivity index (χ2n) is 4.64. The molecule has 0 bridgehead atoms. The molecule has 3 heteroatoms. The zero-order valence-corrected chi connectivity index (χ0v) is 9.19. The molecule has 2 unspecified atom stereocenters. The van der Waals surface area contributed by atoms with E-state index in [1.165, 1.54) is 0 Å². The van der Waals surface area contributed by atoms with E-state index in [1.807, 2.05) is 0 Å². The lowest BCUT2D eigenvalue weighted by molar-refractivity contribution is -0.113. The van der Waals surface area contributed by atoms with E-state index in [1.54, 1.807) is 0 Å². The zero-order chi connectivity index (χ0) is 10.5. The molecule has 2 saturated heterocycles. The molecular weight excluding hydrogens is 192 g/mol. The minimum Gasteiger partial charge on any atom is -0.378 e. The quantitative estimate of drug-likeness (QED) is 0.653. The van der Waals surface area contributed by atoms with Gasteiger partial charge < -0.3 is 14.3 Å². The van der Waals surface area contributed by atoms with Gasteiger partial charge in [0.05, 0.1) is 12.2 Å². The first-order valence-electron chi connectivity index (χ1n) is 6.07. The van der Waals surface area contributed by atoms with Crippen LogP contribution in [-0.4, -0.2) is 31.7 Å². The molecule has 2 heterocycles. The van der Waals surface area contributed by atoms with Crippen molar-refractivity contribution in [2.24, 2.45) is 5.92 Å². The molecule has 3 nitrogen and oxygen atoms in total. The first-order valence-corrected chi connectivity index (χ1v) is 6.07. The summed E-state index contributed by atoms with van der Waals surface area (Å²) in [7, 11) is 0. The average molecular weight is 212 g/mol. The lowest BCUT2D eigenvalue weighted by Crippen LogP contribution is -2.19. The average Bonchev–Trinajstić information content (AvgIpc) is 2.89. The Bertz CT molecular complexity index is 175. The highest BCUT2D eigenvalue weighted by atomic mass is 16.5. The number of ether oxygens (including phenoxy) is 2. The van der Waals surface area contributed by atoms with E-state index < -0.39 is 0 Å². The van der Waals surface area contributed by atoms with Crippen LogP contribution in [0.2, 0.25) is 0 Å². The Morgan fingerprint density at radius 2 is 1.60 bits per heavy atom. The van der Waals surface area contributed by atoms with E-state index >= 15 is 0 Å². The Kier molecular flexibility index (Phi) is 4.15. The summed E-state index contributed by atoms with van der Waals surface area (Å²) in [6, 6.07) is 0. The Morgan fingerprint density at radius 3 is 1.93 bits per heavy atom. The molecule has 0 N–H and O–H groups in total. The molecule has 2 aliphatic heterocycles. The van der Waals surface area contributed by atoms with Gasteiger partial charge in [-0.15, -0.1) is 0 Å². The summed E-state index contributed by atoms with van der Waals surface area (Å²) in [6.07, 6.45) is 8.05. The van der Waals surface area contributed by atoms with Crippen LogP contribution in [0.3, 0.4) is 0 Å². The van der Waals surface area contributed by atoms with Gasteiger partial charge in [-0.25, -0.2) is 0 Å². The molecule has 0 aliphatic carbocycles. The summed E-state index contributed by atoms with van der Waals surface area (Å²) < 4.78 is 11.1. The highest BCUT2D eigenvalue weighted by Crippen LogP contribution is 2.25. The monoisotopic (exact) mass is 212 g/mol. The van der Waals surface area contributed by atoms with Crippen molar-refractivity contribution in [2.75, 3.05) is 13.2 Å². The van der Waals surface area contributed by atoms with E-state index in [-0.39, 0.29) is 5.92 Å². The first-order chi connectivity index (χ1) is 7.38. The van der Waals surface area contributed by atoms with E-state index in [0.29, 0.717) is 12.2 Å². The van der Waals surface area contributed by atoms with Gasteiger partial charge in [-0.05, 0) is 38.5 Å². The zero-order valence-electron chi connectivity index (χ0n) is 9.19. The fraction of sp³-hybridized carbons (Fsp3) is 0.917. The van der Waals surface area contributed by atoms with Crippen LogP contribution in [0, 0.1) is 5.92 Å². The third kappa shape index (κ3) is 3.28. The molecule has 2 aliphatic rings. The van der Waals surface area contributed by atoms with Crippen LogP contribution in [0.25, 0.3) is 0 Å². The number of carbonyl (C=O) groups excluding carboxylic acids is 1. The van der Waals surface area contributed by atoms with Gasteiger partial charge in [-0.1, -0.05) is 0 Å². The molecular formula is C12H20O3. The summed E-state index contributed by atoms with van der Waals surface area (Å²) in [5.41, 5.74) is 0. The molecule has 0 spiro atoms. The van der Waals surface area contributed by atoms with Gasteiger partial charge in [0.25, 0.3) is 0 Å². The van der Waals surface area contributed by atoms with Crippen molar-refractivity contribution >= 4 is 6.29 Å². The van der Waals surface area contributed by atoms with Crippen molar-refractivity contribution in [3.05, 3.63) is 0 Å². The van der Waals surface area contributed by atoms with Crippen LogP contribution < -0.4 is 0 Å². The second-order valence-corrected chi connectivity index (χ2v) is 4.64. The van der Waals surface area contributed by atoms with Crippen molar-refractivity contribution < 1.29 is 14.3 Å². The van der Waals surface area contributed by atoms with Crippen LogP contribution in [0.5, 0.6) is 0 Å². The number of hydrogen-bond donors (Lipinski definition) is 0.